The van der Waals surface area contributed by atoms with Gasteiger partial charge in [-0.25, -0.2) is 0 Å². The summed E-state index contributed by atoms with van der Waals surface area (Å²) in [7, 11) is 0. The zero-order valence-electron chi connectivity index (χ0n) is 14.3. The van der Waals surface area contributed by atoms with Gasteiger partial charge in [0.1, 0.15) is 5.75 Å². The molecule has 1 aliphatic heterocycles. The van der Waals surface area contributed by atoms with Crippen molar-refractivity contribution in [1.82, 2.24) is 10.2 Å². The Morgan fingerprint density at radius 2 is 1.96 bits per heavy atom. The molecule has 1 aromatic rings. The van der Waals surface area contributed by atoms with Gasteiger partial charge in [-0.05, 0) is 45.1 Å². The number of hydrogen-bond donors (Lipinski definition) is 2. The first kappa shape index (κ1) is 18.9. The van der Waals surface area contributed by atoms with Crippen LogP contribution >= 0.6 is 0 Å². The Kier molecular flexibility index (Phi) is 5.15. The van der Waals surface area contributed by atoms with Crippen LogP contribution in [0.4, 0.5) is 13.2 Å². The Hall–Kier alpha value is -2.44. The van der Waals surface area contributed by atoms with Crippen LogP contribution in [0, 0.1) is 0 Å². The SMILES string of the molecule is CC(C)(C)N1C=CC(NC(=O)Cc2ccc(C(F)(F)F)cc2O)=CC1. The monoisotopic (exact) mass is 354 g/mol. The molecule has 0 aromatic heterocycles. The number of alkyl halides is 3. The van der Waals surface area contributed by atoms with Crippen molar-refractivity contribution in [2.75, 3.05) is 6.54 Å². The maximum absolute atomic E-state index is 12.6. The van der Waals surface area contributed by atoms with E-state index in [-0.39, 0.29) is 17.5 Å². The van der Waals surface area contributed by atoms with E-state index < -0.39 is 23.4 Å². The van der Waals surface area contributed by atoms with Gasteiger partial charge < -0.3 is 15.3 Å². The van der Waals surface area contributed by atoms with Crippen molar-refractivity contribution in [3.05, 3.63) is 53.4 Å². The molecular weight excluding hydrogens is 333 g/mol. The molecule has 1 heterocycles. The highest BCUT2D eigenvalue weighted by Crippen LogP contribution is 2.32. The lowest BCUT2D eigenvalue weighted by Gasteiger charge is -2.35. The molecule has 25 heavy (non-hydrogen) atoms. The van der Waals surface area contributed by atoms with Gasteiger partial charge in [-0.3, -0.25) is 4.79 Å². The maximum atomic E-state index is 12.6. The van der Waals surface area contributed by atoms with E-state index in [2.05, 4.69) is 31.0 Å². The summed E-state index contributed by atoms with van der Waals surface area (Å²) in [4.78, 5) is 14.2. The van der Waals surface area contributed by atoms with Gasteiger partial charge in [0.2, 0.25) is 5.91 Å². The van der Waals surface area contributed by atoms with Gasteiger partial charge in [0.05, 0.1) is 12.0 Å². The van der Waals surface area contributed by atoms with Crippen LogP contribution in [0.3, 0.4) is 0 Å². The van der Waals surface area contributed by atoms with E-state index in [9.17, 15) is 23.1 Å². The minimum atomic E-state index is -4.53. The Balaban J connectivity index is 1.98. The van der Waals surface area contributed by atoms with Crippen LogP contribution in [-0.4, -0.2) is 28.0 Å². The molecule has 2 rings (SSSR count). The largest absolute Gasteiger partial charge is 0.508 e. The predicted octanol–water partition coefficient (Wildman–Crippen LogP) is 3.58. The minimum absolute atomic E-state index is 0.0332. The van der Waals surface area contributed by atoms with Gasteiger partial charge in [-0.2, -0.15) is 13.2 Å². The molecule has 0 radical (unpaired) electrons. The van der Waals surface area contributed by atoms with Gasteiger partial charge in [-0.15, -0.1) is 0 Å². The summed E-state index contributed by atoms with van der Waals surface area (Å²) < 4.78 is 37.7. The summed E-state index contributed by atoms with van der Waals surface area (Å²) in [5.41, 5.74) is -0.220. The van der Waals surface area contributed by atoms with E-state index in [1.165, 1.54) is 0 Å². The average Bonchev–Trinajstić information content (AvgIpc) is 2.48. The van der Waals surface area contributed by atoms with E-state index in [0.29, 0.717) is 18.3 Å². The van der Waals surface area contributed by atoms with Gasteiger partial charge in [0.25, 0.3) is 0 Å². The average molecular weight is 354 g/mol. The van der Waals surface area contributed by atoms with Crippen LogP contribution < -0.4 is 5.32 Å². The lowest BCUT2D eigenvalue weighted by molar-refractivity contribution is -0.137. The second-order valence-corrected chi connectivity index (χ2v) is 6.86. The number of amides is 1. The number of nitrogens with zero attached hydrogens (tertiary/aromatic N) is 1. The third kappa shape index (κ3) is 5.01. The number of carbonyl (C=O) groups is 1. The summed E-state index contributed by atoms with van der Waals surface area (Å²) in [6.07, 6.45) is 0.757. The molecule has 0 spiro atoms. The molecule has 1 aliphatic rings. The van der Waals surface area contributed by atoms with Crippen LogP contribution in [-0.2, 0) is 17.4 Å². The third-order valence-corrected chi connectivity index (χ3v) is 3.85. The molecule has 1 aromatic carbocycles. The number of hydrogen-bond acceptors (Lipinski definition) is 3. The fourth-order valence-corrected chi connectivity index (χ4v) is 2.35. The highest BCUT2D eigenvalue weighted by molar-refractivity contribution is 5.81. The van der Waals surface area contributed by atoms with E-state index in [0.717, 1.165) is 12.1 Å². The molecule has 136 valence electrons. The lowest BCUT2D eigenvalue weighted by Crippen LogP contribution is -2.39. The van der Waals surface area contributed by atoms with Crippen molar-refractivity contribution < 1.29 is 23.1 Å². The van der Waals surface area contributed by atoms with Crippen molar-refractivity contribution >= 4 is 5.91 Å². The summed E-state index contributed by atoms with van der Waals surface area (Å²) in [6, 6.07) is 2.59. The topological polar surface area (TPSA) is 52.6 Å². The fraction of sp³-hybridized carbons (Fsp3) is 0.389. The van der Waals surface area contributed by atoms with Crippen LogP contribution in [0.5, 0.6) is 5.75 Å². The Labute approximate surface area is 144 Å². The summed E-state index contributed by atoms with van der Waals surface area (Å²) in [5.74, 6) is -0.952. The van der Waals surface area contributed by atoms with Crippen LogP contribution in [0.25, 0.3) is 0 Å². The number of phenols is 1. The third-order valence-electron chi connectivity index (χ3n) is 3.85. The number of allylic oxidation sites excluding steroid dienone is 1. The molecule has 0 unspecified atom stereocenters. The Bertz CT molecular complexity index is 716. The van der Waals surface area contributed by atoms with Crippen LogP contribution in [0.2, 0.25) is 0 Å². The zero-order valence-corrected chi connectivity index (χ0v) is 14.3. The van der Waals surface area contributed by atoms with Crippen molar-refractivity contribution in [1.29, 1.82) is 0 Å². The highest BCUT2D eigenvalue weighted by Gasteiger charge is 2.31. The standard InChI is InChI=1S/C18H21F3N2O2/c1-17(2,3)23-8-6-14(7-9-23)22-16(25)10-12-4-5-13(11-15(12)24)18(19,20)21/h4-8,11,24H,9-10H2,1-3H3,(H,22,25). The van der Waals surface area contributed by atoms with Crippen molar-refractivity contribution in [2.24, 2.45) is 0 Å². The van der Waals surface area contributed by atoms with E-state index in [1.807, 2.05) is 12.3 Å². The molecule has 2 N–H and O–H groups in total. The van der Waals surface area contributed by atoms with E-state index in [4.69, 9.17) is 0 Å². The predicted molar refractivity (Wildman–Crippen MR) is 88.6 cm³/mol. The summed E-state index contributed by atoms with van der Waals surface area (Å²) in [5, 5.41) is 12.4. The first-order valence-corrected chi connectivity index (χ1v) is 7.81. The fourth-order valence-electron chi connectivity index (χ4n) is 2.35. The quantitative estimate of drug-likeness (QED) is 0.872. The summed E-state index contributed by atoms with van der Waals surface area (Å²) in [6.45, 7) is 6.85. The molecule has 0 bridgehead atoms. The highest BCUT2D eigenvalue weighted by atomic mass is 19.4. The Morgan fingerprint density at radius 1 is 1.28 bits per heavy atom. The molecule has 7 heteroatoms. The number of rotatable bonds is 3. The molecule has 1 amide bonds. The smallest absolute Gasteiger partial charge is 0.416 e. The molecule has 0 fully saturated rings. The molecule has 0 atom stereocenters. The summed E-state index contributed by atoms with van der Waals surface area (Å²) >= 11 is 0. The van der Waals surface area contributed by atoms with Crippen molar-refractivity contribution in [3.63, 3.8) is 0 Å². The molecule has 0 aliphatic carbocycles. The van der Waals surface area contributed by atoms with E-state index >= 15 is 0 Å². The van der Waals surface area contributed by atoms with E-state index in [1.54, 1.807) is 6.08 Å². The number of benzene rings is 1. The minimum Gasteiger partial charge on any atom is -0.508 e. The maximum Gasteiger partial charge on any atom is 0.416 e. The van der Waals surface area contributed by atoms with Crippen LogP contribution in [0.1, 0.15) is 31.9 Å². The number of halogens is 3. The first-order valence-electron chi connectivity index (χ1n) is 7.81. The zero-order chi connectivity index (χ0) is 18.8. The molecular formula is C18H21F3N2O2. The second kappa shape index (κ2) is 6.82. The van der Waals surface area contributed by atoms with Crippen LogP contribution in [0.15, 0.2) is 42.2 Å². The number of phenolic OH excluding ortho intramolecular Hbond substituents is 1. The molecule has 0 saturated carbocycles. The van der Waals surface area contributed by atoms with Gasteiger partial charge in [0, 0.05) is 29.5 Å². The molecule has 4 nitrogen and oxygen atoms in total. The number of aromatic hydroxyl groups is 1. The Morgan fingerprint density at radius 3 is 2.44 bits per heavy atom. The first-order chi connectivity index (χ1) is 11.5. The van der Waals surface area contributed by atoms with Crippen molar-refractivity contribution in [3.8, 4) is 5.75 Å². The normalized spacial score (nSPS) is 15.1. The number of carbonyl (C=O) groups excluding carboxylic acids is 1. The van der Waals surface area contributed by atoms with Crippen molar-refractivity contribution in [2.45, 2.75) is 38.9 Å². The second-order valence-electron chi connectivity index (χ2n) is 6.86. The van der Waals surface area contributed by atoms with Gasteiger partial charge in [-0.1, -0.05) is 6.07 Å². The number of nitrogens with one attached hydrogen (secondary N) is 1. The lowest BCUT2D eigenvalue weighted by atomic mass is 10.1. The van der Waals surface area contributed by atoms with Gasteiger partial charge >= 0.3 is 6.18 Å². The van der Waals surface area contributed by atoms with Gasteiger partial charge in [0.15, 0.2) is 0 Å². The molecule has 0 saturated heterocycles.